The lowest BCUT2D eigenvalue weighted by Crippen LogP contribution is -2.14. The summed E-state index contributed by atoms with van der Waals surface area (Å²) in [6.45, 7) is 0. The molecule has 0 radical (unpaired) electrons. The fraction of sp³-hybridized carbons (Fsp3) is 0.286. The van der Waals surface area contributed by atoms with Crippen LogP contribution in [0.2, 0.25) is 0 Å². The quantitative estimate of drug-likeness (QED) is 0.781. The number of fused-ring (bicyclic) bond motifs is 1. The SMILES string of the molecule is C#CCC(O)C1C=Cc2cc(OC)ccc21. The van der Waals surface area contributed by atoms with E-state index in [2.05, 4.69) is 5.92 Å². The summed E-state index contributed by atoms with van der Waals surface area (Å²) in [4.78, 5) is 0. The minimum Gasteiger partial charge on any atom is -0.497 e. The maximum absolute atomic E-state index is 9.90. The van der Waals surface area contributed by atoms with Gasteiger partial charge in [0.2, 0.25) is 0 Å². The first-order valence-electron chi connectivity index (χ1n) is 5.24. The topological polar surface area (TPSA) is 29.5 Å². The van der Waals surface area contributed by atoms with Gasteiger partial charge in [-0.3, -0.25) is 0 Å². The zero-order chi connectivity index (χ0) is 11.5. The van der Waals surface area contributed by atoms with Crippen molar-refractivity contribution in [3.63, 3.8) is 0 Å². The van der Waals surface area contributed by atoms with Crippen molar-refractivity contribution in [3.8, 4) is 18.1 Å². The van der Waals surface area contributed by atoms with Gasteiger partial charge in [0.25, 0.3) is 0 Å². The standard InChI is InChI=1S/C14H14O2/c1-3-4-14(15)13-7-5-10-9-11(16-2)6-8-12(10)13/h1,5-9,13-15H,4H2,2H3. The highest BCUT2D eigenvalue weighted by atomic mass is 16.5. The average molecular weight is 214 g/mol. The van der Waals surface area contributed by atoms with Crippen LogP contribution in [0.25, 0.3) is 6.08 Å². The molecule has 0 heterocycles. The van der Waals surface area contributed by atoms with Crippen LogP contribution in [-0.4, -0.2) is 18.3 Å². The molecule has 0 saturated heterocycles. The molecule has 0 fully saturated rings. The molecule has 0 bridgehead atoms. The summed E-state index contributed by atoms with van der Waals surface area (Å²) in [6.07, 6.45) is 9.07. The first kappa shape index (κ1) is 10.8. The highest BCUT2D eigenvalue weighted by molar-refractivity contribution is 5.64. The second-order valence-electron chi connectivity index (χ2n) is 3.86. The van der Waals surface area contributed by atoms with E-state index < -0.39 is 6.10 Å². The third kappa shape index (κ3) is 1.82. The van der Waals surface area contributed by atoms with Gasteiger partial charge in [-0.2, -0.15) is 0 Å². The summed E-state index contributed by atoms with van der Waals surface area (Å²) < 4.78 is 5.15. The molecule has 2 atom stereocenters. The molecule has 0 saturated carbocycles. The molecule has 16 heavy (non-hydrogen) atoms. The third-order valence-electron chi connectivity index (χ3n) is 2.88. The molecular weight excluding hydrogens is 200 g/mol. The van der Waals surface area contributed by atoms with E-state index in [9.17, 15) is 5.11 Å². The lowest BCUT2D eigenvalue weighted by atomic mass is 9.93. The van der Waals surface area contributed by atoms with Crippen LogP contribution in [0.1, 0.15) is 23.5 Å². The highest BCUT2D eigenvalue weighted by Crippen LogP contribution is 2.35. The van der Waals surface area contributed by atoms with Gasteiger partial charge in [-0.15, -0.1) is 12.3 Å². The Morgan fingerprint density at radius 3 is 3.06 bits per heavy atom. The Morgan fingerprint density at radius 1 is 1.56 bits per heavy atom. The van der Waals surface area contributed by atoms with Crippen LogP contribution in [0.5, 0.6) is 5.75 Å². The number of ether oxygens (including phenoxy) is 1. The molecule has 2 heteroatoms. The number of aliphatic hydroxyl groups is 1. The lowest BCUT2D eigenvalue weighted by Gasteiger charge is -2.16. The number of aliphatic hydroxyl groups excluding tert-OH is 1. The van der Waals surface area contributed by atoms with E-state index in [4.69, 9.17) is 11.2 Å². The van der Waals surface area contributed by atoms with Gasteiger partial charge in [-0.25, -0.2) is 0 Å². The molecule has 82 valence electrons. The van der Waals surface area contributed by atoms with E-state index in [1.807, 2.05) is 30.4 Å². The van der Waals surface area contributed by atoms with Gasteiger partial charge >= 0.3 is 0 Å². The maximum Gasteiger partial charge on any atom is 0.119 e. The Bertz CT molecular complexity index is 454. The normalized spacial score (nSPS) is 18.9. The molecule has 2 unspecified atom stereocenters. The predicted octanol–water partition coefficient (Wildman–Crippen LogP) is 2.19. The number of hydrogen-bond donors (Lipinski definition) is 1. The minimum atomic E-state index is -0.504. The second-order valence-corrected chi connectivity index (χ2v) is 3.86. The Labute approximate surface area is 95.6 Å². The van der Waals surface area contributed by atoms with Crippen molar-refractivity contribution in [1.29, 1.82) is 0 Å². The monoisotopic (exact) mass is 214 g/mol. The molecule has 0 amide bonds. The zero-order valence-corrected chi connectivity index (χ0v) is 9.18. The van der Waals surface area contributed by atoms with Crippen LogP contribution in [0.15, 0.2) is 24.3 Å². The summed E-state index contributed by atoms with van der Waals surface area (Å²) >= 11 is 0. The Morgan fingerprint density at radius 2 is 2.38 bits per heavy atom. The number of rotatable bonds is 3. The molecule has 0 aliphatic heterocycles. The summed E-state index contributed by atoms with van der Waals surface area (Å²) in [5.41, 5.74) is 2.21. The lowest BCUT2D eigenvalue weighted by molar-refractivity contribution is 0.165. The van der Waals surface area contributed by atoms with Gasteiger partial charge in [-0.1, -0.05) is 18.2 Å². The maximum atomic E-state index is 9.90. The Balaban J connectivity index is 2.27. The molecule has 1 aromatic carbocycles. The molecule has 0 spiro atoms. The zero-order valence-electron chi connectivity index (χ0n) is 9.18. The van der Waals surface area contributed by atoms with Crippen molar-refractivity contribution >= 4 is 6.08 Å². The predicted molar refractivity (Wildman–Crippen MR) is 64.2 cm³/mol. The Hall–Kier alpha value is -1.72. The van der Waals surface area contributed by atoms with Crippen LogP contribution in [-0.2, 0) is 0 Å². The van der Waals surface area contributed by atoms with Crippen LogP contribution in [0.3, 0.4) is 0 Å². The number of hydrogen-bond acceptors (Lipinski definition) is 2. The average Bonchev–Trinajstić information content (AvgIpc) is 2.71. The van der Waals surface area contributed by atoms with Crippen molar-refractivity contribution in [1.82, 2.24) is 0 Å². The minimum absolute atomic E-state index is 0.0111. The van der Waals surface area contributed by atoms with Crippen molar-refractivity contribution in [2.45, 2.75) is 18.4 Å². The smallest absolute Gasteiger partial charge is 0.119 e. The van der Waals surface area contributed by atoms with E-state index in [1.54, 1.807) is 7.11 Å². The third-order valence-corrected chi connectivity index (χ3v) is 2.88. The Kier molecular flexibility index (Phi) is 2.98. The first-order chi connectivity index (χ1) is 7.76. The van der Waals surface area contributed by atoms with Crippen molar-refractivity contribution in [2.24, 2.45) is 0 Å². The fourth-order valence-electron chi connectivity index (χ4n) is 2.02. The van der Waals surface area contributed by atoms with Crippen LogP contribution in [0, 0.1) is 12.3 Å². The van der Waals surface area contributed by atoms with E-state index >= 15 is 0 Å². The van der Waals surface area contributed by atoms with Gasteiger partial charge in [0, 0.05) is 12.3 Å². The molecule has 1 aromatic rings. The second kappa shape index (κ2) is 4.42. The highest BCUT2D eigenvalue weighted by Gasteiger charge is 2.24. The van der Waals surface area contributed by atoms with Crippen LogP contribution < -0.4 is 4.74 Å². The number of terminal acetylenes is 1. The van der Waals surface area contributed by atoms with E-state index in [1.165, 1.54) is 0 Å². The summed E-state index contributed by atoms with van der Waals surface area (Å²) in [5, 5.41) is 9.90. The molecule has 1 aliphatic carbocycles. The van der Waals surface area contributed by atoms with Crippen LogP contribution in [0.4, 0.5) is 0 Å². The van der Waals surface area contributed by atoms with Gasteiger partial charge in [0.1, 0.15) is 5.75 Å². The van der Waals surface area contributed by atoms with E-state index in [-0.39, 0.29) is 5.92 Å². The van der Waals surface area contributed by atoms with Gasteiger partial charge in [-0.05, 0) is 23.3 Å². The first-order valence-corrected chi connectivity index (χ1v) is 5.24. The molecule has 1 aliphatic rings. The molecule has 0 aromatic heterocycles. The molecular formula is C14H14O2. The van der Waals surface area contributed by atoms with Crippen molar-refractivity contribution in [3.05, 3.63) is 35.4 Å². The summed E-state index contributed by atoms with van der Waals surface area (Å²) in [7, 11) is 1.64. The van der Waals surface area contributed by atoms with Crippen molar-refractivity contribution in [2.75, 3.05) is 7.11 Å². The van der Waals surface area contributed by atoms with E-state index in [0.29, 0.717) is 6.42 Å². The number of benzene rings is 1. The van der Waals surface area contributed by atoms with Crippen molar-refractivity contribution < 1.29 is 9.84 Å². The van der Waals surface area contributed by atoms with Gasteiger partial charge in [0.15, 0.2) is 0 Å². The van der Waals surface area contributed by atoms with Crippen LogP contribution >= 0.6 is 0 Å². The molecule has 2 nitrogen and oxygen atoms in total. The largest absolute Gasteiger partial charge is 0.497 e. The molecule has 2 rings (SSSR count). The van der Waals surface area contributed by atoms with E-state index in [0.717, 1.165) is 16.9 Å². The number of methoxy groups -OCH3 is 1. The molecule has 1 N–H and O–H groups in total. The summed E-state index contributed by atoms with van der Waals surface area (Å²) in [5.74, 6) is 3.33. The fourth-order valence-corrected chi connectivity index (χ4v) is 2.02. The van der Waals surface area contributed by atoms with Gasteiger partial charge in [0.05, 0.1) is 13.2 Å². The summed E-state index contributed by atoms with van der Waals surface area (Å²) in [6, 6.07) is 5.86. The van der Waals surface area contributed by atoms with Gasteiger partial charge < -0.3 is 9.84 Å².